The average Bonchev–Trinajstić information content (AvgIpc) is 3.62. The summed E-state index contributed by atoms with van der Waals surface area (Å²) in [7, 11) is 0. The molecule has 0 saturated carbocycles. The van der Waals surface area contributed by atoms with Gasteiger partial charge in [-0.1, -0.05) is 84.9 Å². The molecule has 1 aliphatic rings. The lowest BCUT2D eigenvalue weighted by atomic mass is 9.91. The van der Waals surface area contributed by atoms with Gasteiger partial charge in [-0.05, 0) is 94.0 Å². The molecule has 1 aliphatic heterocycles. The van der Waals surface area contributed by atoms with Gasteiger partial charge in [0, 0.05) is 44.0 Å². The fraction of sp³-hybridized carbons (Fsp3) is 0. The molecule has 210 valence electrons. The number of benzene rings is 7. The molecule has 45 heavy (non-hydrogen) atoms. The van der Waals surface area contributed by atoms with Gasteiger partial charge in [0.2, 0.25) is 0 Å². The molecule has 0 amide bonds. The largest absolute Gasteiger partial charge is 0.456 e. The van der Waals surface area contributed by atoms with Crippen molar-refractivity contribution in [2.45, 2.75) is 0 Å². The summed E-state index contributed by atoms with van der Waals surface area (Å²) >= 11 is 0. The Hall–Kier alpha value is -6.06. The second-order valence-electron chi connectivity index (χ2n) is 11.8. The van der Waals surface area contributed by atoms with Crippen molar-refractivity contribution in [3.63, 3.8) is 0 Å². The van der Waals surface area contributed by atoms with Gasteiger partial charge in [-0.2, -0.15) is 0 Å². The van der Waals surface area contributed by atoms with E-state index in [-0.39, 0.29) is 0 Å². The first-order valence-corrected chi connectivity index (χ1v) is 15.3. The molecule has 0 radical (unpaired) electrons. The average molecular weight is 576 g/mol. The van der Waals surface area contributed by atoms with Crippen LogP contribution in [0.25, 0.3) is 88.4 Å². The molecule has 3 heteroatoms. The Morgan fingerprint density at radius 1 is 0.311 bits per heavy atom. The predicted octanol–water partition coefficient (Wildman–Crippen LogP) is 12.2. The molecule has 3 nitrogen and oxygen atoms in total. The van der Waals surface area contributed by atoms with Gasteiger partial charge in [0.1, 0.15) is 22.3 Å². The number of anilines is 2. The zero-order chi connectivity index (χ0) is 29.5. The Bertz CT molecular complexity index is 2460. The second kappa shape index (κ2) is 9.22. The van der Waals surface area contributed by atoms with E-state index in [2.05, 4.69) is 127 Å². The van der Waals surface area contributed by atoms with Gasteiger partial charge in [-0.3, -0.25) is 0 Å². The fourth-order valence-corrected chi connectivity index (χ4v) is 7.02. The molecule has 0 unspecified atom stereocenters. The van der Waals surface area contributed by atoms with Crippen molar-refractivity contribution in [2.24, 2.45) is 0 Å². The maximum absolute atomic E-state index is 6.10. The summed E-state index contributed by atoms with van der Waals surface area (Å²) in [5.41, 5.74) is 15.3. The number of hydrogen-bond donors (Lipinski definition) is 1. The molecular weight excluding hydrogens is 550 g/mol. The minimum absolute atomic E-state index is 0.910. The minimum atomic E-state index is 0.910. The van der Waals surface area contributed by atoms with Crippen molar-refractivity contribution >= 4 is 55.3 Å². The SMILES string of the molecule is c1ccc2c(c1)-c1cc(-c3ccc4oc5ccccc5c4c3)ccc1Nc1ccc(-c3ccc4oc5ccccc5c4c3)cc1-2. The summed E-state index contributed by atoms with van der Waals surface area (Å²) in [5, 5.41) is 8.33. The van der Waals surface area contributed by atoms with E-state index >= 15 is 0 Å². The Morgan fingerprint density at radius 2 is 0.711 bits per heavy atom. The van der Waals surface area contributed by atoms with Crippen LogP contribution in [0.15, 0.2) is 154 Å². The van der Waals surface area contributed by atoms with E-state index in [9.17, 15) is 0 Å². The van der Waals surface area contributed by atoms with Crippen LogP contribution in [0.1, 0.15) is 0 Å². The lowest BCUT2D eigenvalue weighted by molar-refractivity contribution is 0.668. The molecule has 0 atom stereocenters. The number of fused-ring (bicyclic) bond motifs is 11. The maximum Gasteiger partial charge on any atom is 0.135 e. The van der Waals surface area contributed by atoms with Crippen LogP contribution in [0.2, 0.25) is 0 Å². The van der Waals surface area contributed by atoms with Crippen molar-refractivity contribution < 1.29 is 8.83 Å². The quantitative estimate of drug-likeness (QED) is 0.223. The monoisotopic (exact) mass is 575 g/mol. The smallest absolute Gasteiger partial charge is 0.135 e. The number of furan rings is 2. The van der Waals surface area contributed by atoms with E-state index in [0.29, 0.717) is 0 Å². The molecule has 7 aromatic carbocycles. The number of nitrogens with one attached hydrogen (secondary N) is 1. The molecule has 10 rings (SSSR count). The summed E-state index contributed by atoms with van der Waals surface area (Å²) < 4.78 is 12.2. The van der Waals surface area contributed by atoms with Gasteiger partial charge in [-0.25, -0.2) is 0 Å². The summed E-state index contributed by atoms with van der Waals surface area (Å²) in [4.78, 5) is 0. The molecule has 1 N–H and O–H groups in total. The van der Waals surface area contributed by atoms with Crippen molar-refractivity contribution in [3.05, 3.63) is 146 Å². The molecule has 2 aromatic heterocycles. The van der Waals surface area contributed by atoms with Crippen molar-refractivity contribution in [3.8, 4) is 44.5 Å². The highest BCUT2D eigenvalue weighted by molar-refractivity contribution is 6.08. The molecule has 0 saturated heterocycles. The van der Waals surface area contributed by atoms with E-state index in [1.807, 2.05) is 24.3 Å². The van der Waals surface area contributed by atoms with E-state index in [1.54, 1.807) is 0 Å². The predicted molar refractivity (Wildman–Crippen MR) is 186 cm³/mol. The van der Waals surface area contributed by atoms with Crippen LogP contribution in [0.3, 0.4) is 0 Å². The van der Waals surface area contributed by atoms with E-state index in [4.69, 9.17) is 8.83 Å². The van der Waals surface area contributed by atoms with Crippen LogP contribution in [0, 0.1) is 0 Å². The first-order chi connectivity index (χ1) is 22.3. The molecule has 3 heterocycles. The van der Waals surface area contributed by atoms with E-state index in [1.165, 1.54) is 44.5 Å². The number of para-hydroxylation sites is 2. The zero-order valence-electron chi connectivity index (χ0n) is 24.2. The highest BCUT2D eigenvalue weighted by Crippen LogP contribution is 2.47. The highest BCUT2D eigenvalue weighted by atomic mass is 16.3. The van der Waals surface area contributed by atoms with Crippen LogP contribution in [-0.2, 0) is 0 Å². The highest BCUT2D eigenvalue weighted by Gasteiger charge is 2.21. The van der Waals surface area contributed by atoms with Gasteiger partial charge in [-0.15, -0.1) is 0 Å². The van der Waals surface area contributed by atoms with Gasteiger partial charge >= 0.3 is 0 Å². The van der Waals surface area contributed by atoms with Crippen LogP contribution in [0.5, 0.6) is 0 Å². The third-order valence-electron chi connectivity index (χ3n) is 9.24. The van der Waals surface area contributed by atoms with Crippen molar-refractivity contribution in [1.82, 2.24) is 0 Å². The van der Waals surface area contributed by atoms with Crippen LogP contribution >= 0.6 is 0 Å². The lowest BCUT2D eigenvalue weighted by Crippen LogP contribution is -1.93. The van der Waals surface area contributed by atoms with Gasteiger partial charge < -0.3 is 14.2 Å². The second-order valence-corrected chi connectivity index (χ2v) is 11.8. The Balaban J connectivity index is 1.10. The molecular formula is C42H25NO2. The number of rotatable bonds is 2. The van der Waals surface area contributed by atoms with Gasteiger partial charge in [0.15, 0.2) is 0 Å². The van der Waals surface area contributed by atoms with Crippen LogP contribution in [-0.4, -0.2) is 0 Å². The third kappa shape index (κ3) is 3.71. The normalized spacial score (nSPS) is 12.2. The molecule has 0 bridgehead atoms. The van der Waals surface area contributed by atoms with Crippen LogP contribution in [0.4, 0.5) is 11.4 Å². The standard InChI is InChI=1S/C42H25NO2/c1-2-8-30-29(7-1)33-21-25(27-15-19-41-35(23-27)31-9-3-5-11-39(31)44-41)13-17-37(33)43-38-18-14-26(22-34(30)38)28-16-20-42-36(24-28)32-10-4-6-12-40(32)45-42/h1-24,43H. The minimum Gasteiger partial charge on any atom is -0.456 e. The molecule has 0 aliphatic carbocycles. The third-order valence-corrected chi connectivity index (χ3v) is 9.24. The van der Waals surface area contributed by atoms with Gasteiger partial charge in [0.25, 0.3) is 0 Å². The maximum atomic E-state index is 6.10. The van der Waals surface area contributed by atoms with Crippen LogP contribution < -0.4 is 5.32 Å². The Morgan fingerprint density at radius 3 is 1.22 bits per heavy atom. The Labute approximate surface area is 259 Å². The summed E-state index contributed by atoms with van der Waals surface area (Å²) in [6.45, 7) is 0. The summed E-state index contributed by atoms with van der Waals surface area (Å²) in [6, 6.07) is 51.7. The molecule has 9 aromatic rings. The number of hydrogen-bond acceptors (Lipinski definition) is 3. The lowest BCUT2D eigenvalue weighted by Gasteiger charge is -2.13. The van der Waals surface area contributed by atoms with E-state index < -0.39 is 0 Å². The molecule has 0 fully saturated rings. The fourth-order valence-electron chi connectivity index (χ4n) is 7.02. The van der Waals surface area contributed by atoms with Crippen molar-refractivity contribution in [1.29, 1.82) is 0 Å². The topological polar surface area (TPSA) is 38.3 Å². The Kier molecular flexibility index (Phi) is 5.00. The zero-order valence-corrected chi connectivity index (χ0v) is 24.2. The van der Waals surface area contributed by atoms with E-state index in [0.717, 1.165) is 55.3 Å². The van der Waals surface area contributed by atoms with Gasteiger partial charge in [0.05, 0.1) is 0 Å². The summed E-state index contributed by atoms with van der Waals surface area (Å²) in [5.74, 6) is 0. The first kappa shape index (κ1) is 24.4. The summed E-state index contributed by atoms with van der Waals surface area (Å²) in [6.07, 6.45) is 0. The molecule has 0 spiro atoms. The van der Waals surface area contributed by atoms with Crippen molar-refractivity contribution in [2.75, 3.05) is 5.32 Å². The first-order valence-electron chi connectivity index (χ1n) is 15.3.